The Bertz CT molecular complexity index is 1020. The van der Waals surface area contributed by atoms with Crippen molar-refractivity contribution in [2.45, 2.75) is 26.3 Å². The molecule has 3 rings (SSSR count). The standard InChI is InChI=1S/C24H26FNO3/c1-5-26(15-17-6-11-23(29-4)22(25)12-17)24(27)16(2)18-7-8-20-14-21(28-3)10-9-19(20)13-18/h6-14,16H,5,15H2,1-4H3/t16-/m1/s1. The molecule has 5 heteroatoms. The molecule has 29 heavy (non-hydrogen) atoms. The molecule has 0 fully saturated rings. The Morgan fingerprint density at radius 2 is 1.72 bits per heavy atom. The van der Waals surface area contributed by atoms with Gasteiger partial charge in [0.25, 0.3) is 0 Å². The Kier molecular flexibility index (Phi) is 6.37. The van der Waals surface area contributed by atoms with Crippen molar-refractivity contribution in [1.29, 1.82) is 0 Å². The molecule has 0 aliphatic heterocycles. The number of halogens is 1. The number of ether oxygens (including phenoxy) is 2. The van der Waals surface area contributed by atoms with E-state index < -0.39 is 5.82 Å². The third-order valence-corrected chi connectivity index (χ3v) is 5.22. The van der Waals surface area contributed by atoms with Crippen molar-refractivity contribution < 1.29 is 18.7 Å². The van der Waals surface area contributed by atoms with E-state index in [0.29, 0.717) is 13.1 Å². The predicted octanol–water partition coefficient (Wildman–Crippen LogP) is 5.15. The van der Waals surface area contributed by atoms with Crippen LogP contribution in [0.15, 0.2) is 54.6 Å². The zero-order valence-electron chi connectivity index (χ0n) is 17.2. The second-order valence-corrected chi connectivity index (χ2v) is 7.02. The summed E-state index contributed by atoms with van der Waals surface area (Å²) in [4.78, 5) is 14.9. The van der Waals surface area contributed by atoms with Gasteiger partial charge in [-0.3, -0.25) is 4.79 Å². The first-order valence-electron chi connectivity index (χ1n) is 9.65. The highest BCUT2D eigenvalue weighted by atomic mass is 19.1. The monoisotopic (exact) mass is 395 g/mol. The first-order chi connectivity index (χ1) is 14.0. The molecule has 0 bridgehead atoms. The van der Waals surface area contributed by atoms with Crippen molar-refractivity contribution in [3.8, 4) is 11.5 Å². The molecule has 0 spiro atoms. The molecule has 0 unspecified atom stereocenters. The zero-order valence-corrected chi connectivity index (χ0v) is 17.2. The minimum atomic E-state index is -0.425. The van der Waals surface area contributed by atoms with Gasteiger partial charge in [-0.25, -0.2) is 4.39 Å². The highest BCUT2D eigenvalue weighted by Crippen LogP contribution is 2.27. The topological polar surface area (TPSA) is 38.8 Å². The molecule has 152 valence electrons. The number of fused-ring (bicyclic) bond motifs is 1. The Balaban J connectivity index is 1.79. The Morgan fingerprint density at radius 1 is 1.00 bits per heavy atom. The van der Waals surface area contributed by atoms with Gasteiger partial charge in [0.2, 0.25) is 5.91 Å². The molecule has 0 saturated heterocycles. The molecule has 0 aliphatic carbocycles. The molecule has 0 saturated carbocycles. The van der Waals surface area contributed by atoms with E-state index in [4.69, 9.17) is 9.47 Å². The van der Waals surface area contributed by atoms with Crippen LogP contribution in [0.2, 0.25) is 0 Å². The van der Waals surface area contributed by atoms with Crippen LogP contribution < -0.4 is 9.47 Å². The molecule has 0 aromatic heterocycles. The zero-order chi connectivity index (χ0) is 21.0. The predicted molar refractivity (Wildman–Crippen MR) is 113 cm³/mol. The lowest BCUT2D eigenvalue weighted by atomic mass is 9.96. The molecule has 0 aliphatic rings. The van der Waals surface area contributed by atoms with Gasteiger partial charge in [-0.1, -0.05) is 30.3 Å². The van der Waals surface area contributed by atoms with E-state index in [2.05, 4.69) is 0 Å². The highest BCUT2D eigenvalue weighted by molar-refractivity contribution is 5.88. The van der Waals surface area contributed by atoms with Crippen LogP contribution in [-0.4, -0.2) is 31.6 Å². The number of hydrogen-bond acceptors (Lipinski definition) is 3. The van der Waals surface area contributed by atoms with E-state index in [0.717, 1.165) is 27.6 Å². The lowest BCUT2D eigenvalue weighted by molar-refractivity contribution is -0.132. The van der Waals surface area contributed by atoms with E-state index in [1.165, 1.54) is 13.2 Å². The van der Waals surface area contributed by atoms with Crippen molar-refractivity contribution in [3.05, 3.63) is 71.5 Å². The highest BCUT2D eigenvalue weighted by Gasteiger charge is 2.22. The van der Waals surface area contributed by atoms with Crippen LogP contribution >= 0.6 is 0 Å². The van der Waals surface area contributed by atoms with Crippen LogP contribution in [0, 0.1) is 5.82 Å². The number of rotatable bonds is 7. The van der Waals surface area contributed by atoms with Gasteiger partial charge >= 0.3 is 0 Å². The smallest absolute Gasteiger partial charge is 0.230 e. The number of amides is 1. The van der Waals surface area contributed by atoms with Gasteiger partial charge in [-0.15, -0.1) is 0 Å². The number of benzene rings is 3. The summed E-state index contributed by atoms with van der Waals surface area (Å²) in [7, 11) is 3.07. The van der Waals surface area contributed by atoms with E-state index >= 15 is 0 Å². The second kappa shape index (κ2) is 8.95. The number of hydrogen-bond donors (Lipinski definition) is 0. The summed E-state index contributed by atoms with van der Waals surface area (Å²) >= 11 is 0. The largest absolute Gasteiger partial charge is 0.497 e. The maximum atomic E-state index is 14.0. The minimum absolute atomic E-state index is 0.0107. The fourth-order valence-corrected chi connectivity index (χ4v) is 3.43. The number of methoxy groups -OCH3 is 2. The average Bonchev–Trinajstić information content (AvgIpc) is 2.75. The van der Waals surface area contributed by atoms with Crippen LogP contribution in [0.3, 0.4) is 0 Å². The minimum Gasteiger partial charge on any atom is -0.497 e. The van der Waals surface area contributed by atoms with Gasteiger partial charge in [0.1, 0.15) is 5.75 Å². The molecule has 1 amide bonds. The summed E-state index contributed by atoms with van der Waals surface area (Å²) in [6.07, 6.45) is 0. The van der Waals surface area contributed by atoms with Gasteiger partial charge < -0.3 is 14.4 Å². The fourth-order valence-electron chi connectivity index (χ4n) is 3.43. The average molecular weight is 395 g/mol. The molecule has 0 heterocycles. The van der Waals surface area contributed by atoms with Gasteiger partial charge in [0.05, 0.1) is 20.1 Å². The molecular weight excluding hydrogens is 369 g/mol. The summed E-state index contributed by atoms with van der Waals surface area (Å²) in [5.74, 6) is 0.287. The van der Waals surface area contributed by atoms with Crippen molar-refractivity contribution in [2.24, 2.45) is 0 Å². The Labute approximate surface area is 170 Å². The van der Waals surface area contributed by atoms with Crippen LogP contribution in [-0.2, 0) is 11.3 Å². The summed E-state index contributed by atoms with van der Waals surface area (Å²) in [6.45, 7) is 4.73. The summed E-state index contributed by atoms with van der Waals surface area (Å²) in [6, 6.07) is 16.7. The van der Waals surface area contributed by atoms with Crippen molar-refractivity contribution in [1.82, 2.24) is 4.90 Å². The van der Waals surface area contributed by atoms with Gasteiger partial charge in [-0.2, -0.15) is 0 Å². The number of carbonyl (C=O) groups is 1. The summed E-state index contributed by atoms with van der Waals surface area (Å²) in [5, 5.41) is 2.12. The third-order valence-electron chi connectivity index (χ3n) is 5.22. The van der Waals surface area contributed by atoms with E-state index in [-0.39, 0.29) is 17.6 Å². The van der Waals surface area contributed by atoms with Crippen molar-refractivity contribution in [2.75, 3.05) is 20.8 Å². The maximum Gasteiger partial charge on any atom is 0.230 e. The normalized spacial score (nSPS) is 11.9. The van der Waals surface area contributed by atoms with Crippen LogP contribution in [0.4, 0.5) is 4.39 Å². The van der Waals surface area contributed by atoms with E-state index in [1.807, 2.05) is 50.2 Å². The van der Waals surface area contributed by atoms with Gasteiger partial charge in [0.15, 0.2) is 11.6 Å². The molecule has 0 radical (unpaired) electrons. The lowest BCUT2D eigenvalue weighted by Crippen LogP contribution is -2.33. The third kappa shape index (κ3) is 4.50. The van der Waals surface area contributed by atoms with E-state index in [1.54, 1.807) is 24.1 Å². The van der Waals surface area contributed by atoms with E-state index in [9.17, 15) is 9.18 Å². The summed E-state index contributed by atoms with van der Waals surface area (Å²) < 4.78 is 24.2. The van der Waals surface area contributed by atoms with Crippen LogP contribution in [0.5, 0.6) is 11.5 Å². The molecule has 0 N–H and O–H groups in total. The summed E-state index contributed by atoms with van der Waals surface area (Å²) in [5.41, 5.74) is 1.68. The van der Waals surface area contributed by atoms with Crippen LogP contribution in [0.25, 0.3) is 10.8 Å². The molecule has 3 aromatic carbocycles. The number of nitrogens with zero attached hydrogens (tertiary/aromatic N) is 1. The SMILES string of the molecule is CCN(Cc1ccc(OC)c(F)c1)C(=O)[C@H](C)c1ccc2cc(OC)ccc2c1. The molecular formula is C24H26FNO3. The molecule has 3 aromatic rings. The first-order valence-corrected chi connectivity index (χ1v) is 9.65. The first kappa shape index (κ1) is 20.6. The van der Waals surface area contributed by atoms with Gasteiger partial charge in [0, 0.05) is 13.1 Å². The number of carbonyl (C=O) groups excluding carboxylic acids is 1. The van der Waals surface area contributed by atoms with Gasteiger partial charge in [-0.05, 0) is 60.0 Å². The second-order valence-electron chi connectivity index (χ2n) is 7.02. The molecule has 4 nitrogen and oxygen atoms in total. The Hall–Kier alpha value is -3.08. The van der Waals surface area contributed by atoms with Crippen LogP contribution in [0.1, 0.15) is 30.9 Å². The lowest BCUT2D eigenvalue weighted by Gasteiger charge is -2.25. The maximum absolute atomic E-state index is 14.0. The quantitative estimate of drug-likeness (QED) is 0.555. The molecule has 1 atom stereocenters. The number of likely N-dealkylation sites (N-methyl/N-ethyl adjacent to an activating group) is 1. The Morgan fingerprint density at radius 3 is 2.38 bits per heavy atom. The van der Waals surface area contributed by atoms with Crippen molar-refractivity contribution in [3.63, 3.8) is 0 Å². The fraction of sp³-hybridized carbons (Fsp3) is 0.292. The van der Waals surface area contributed by atoms with Crippen molar-refractivity contribution >= 4 is 16.7 Å².